The van der Waals surface area contributed by atoms with Gasteiger partial charge in [0.25, 0.3) is 0 Å². The Labute approximate surface area is 115 Å². The van der Waals surface area contributed by atoms with Crippen LogP contribution in [0.2, 0.25) is 0 Å². The highest BCUT2D eigenvalue weighted by molar-refractivity contribution is 9.10. The second kappa shape index (κ2) is 6.12. The number of halogens is 2. The first-order valence-electron chi connectivity index (χ1n) is 5.89. The van der Waals surface area contributed by atoms with Crippen LogP contribution in [0.5, 0.6) is 0 Å². The Morgan fingerprint density at radius 2 is 1.89 bits per heavy atom. The normalized spacial score (nSPS) is 12.4. The summed E-state index contributed by atoms with van der Waals surface area (Å²) < 4.78 is 13.6. The minimum Gasteiger partial charge on any atom is -0.306 e. The number of rotatable bonds is 4. The Bertz CT molecular complexity index is 513. The maximum atomic E-state index is 13.1. The van der Waals surface area contributed by atoms with Crippen molar-refractivity contribution in [1.29, 1.82) is 0 Å². The van der Waals surface area contributed by atoms with Crippen LogP contribution in [0.25, 0.3) is 0 Å². The Hall–Kier alpha value is -1.19. The van der Waals surface area contributed by atoms with Gasteiger partial charge in [0.1, 0.15) is 5.82 Å². The summed E-state index contributed by atoms with van der Waals surface area (Å²) in [6, 6.07) is 15.6. The average Bonchev–Trinajstić information content (AvgIpc) is 2.41. The summed E-state index contributed by atoms with van der Waals surface area (Å²) in [5.41, 5.74) is 2.31. The van der Waals surface area contributed by atoms with E-state index in [1.807, 2.05) is 18.2 Å². The van der Waals surface area contributed by atoms with Crippen LogP contribution >= 0.6 is 15.9 Å². The molecule has 2 aromatic rings. The van der Waals surface area contributed by atoms with Crippen LogP contribution in [0.1, 0.15) is 24.1 Å². The van der Waals surface area contributed by atoms with Gasteiger partial charge in [0.15, 0.2) is 0 Å². The Morgan fingerprint density at radius 1 is 1.17 bits per heavy atom. The van der Waals surface area contributed by atoms with E-state index in [0.717, 1.165) is 12.1 Å². The van der Waals surface area contributed by atoms with E-state index < -0.39 is 0 Å². The molecule has 0 saturated carbocycles. The summed E-state index contributed by atoms with van der Waals surface area (Å²) in [6.45, 7) is 2.84. The molecule has 0 aliphatic heterocycles. The van der Waals surface area contributed by atoms with Crippen LogP contribution < -0.4 is 5.32 Å². The van der Waals surface area contributed by atoms with Gasteiger partial charge in [-0.25, -0.2) is 4.39 Å². The maximum absolute atomic E-state index is 13.1. The third kappa shape index (κ3) is 3.40. The van der Waals surface area contributed by atoms with Crippen molar-refractivity contribution in [3.63, 3.8) is 0 Å². The van der Waals surface area contributed by atoms with Crippen molar-refractivity contribution in [2.45, 2.75) is 19.5 Å². The first kappa shape index (κ1) is 13.2. The average molecular weight is 308 g/mol. The van der Waals surface area contributed by atoms with E-state index in [0.29, 0.717) is 4.47 Å². The second-order valence-electron chi connectivity index (χ2n) is 4.26. The van der Waals surface area contributed by atoms with Crippen molar-refractivity contribution in [3.05, 3.63) is 69.9 Å². The van der Waals surface area contributed by atoms with Gasteiger partial charge in [0.05, 0.1) is 4.47 Å². The molecule has 0 radical (unpaired) electrons. The molecule has 0 fully saturated rings. The predicted molar refractivity (Wildman–Crippen MR) is 75.8 cm³/mol. The molecule has 3 heteroatoms. The molecule has 0 spiro atoms. The summed E-state index contributed by atoms with van der Waals surface area (Å²) in [4.78, 5) is 0. The van der Waals surface area contributed by atoms with Crippen LogP contribution in [0.15, 0.2) is 53.0 Å². The smallest absolute Gasteiger partial charge is 0.137 e. The van der Waals surface area contributed by atoms with Gasteiger partial charge in [0.2, 0.25) is 0 Å². The first-order chi connectivity index (χ1) is 8.66. The third-order valence-electron chi connectivity index (χ3n) is 2.90. The van der Waals surface area contributed by atoms with Crippen molar-refractivity contribution in [1.82, 2.24) is 5.32 Å². The molecule has 1 nitrogen and oxygen atoms in total. The topological polar surface area (TPSA) is 12.0 Å². The standard InChI is InChI=1S/C15H15BrFN/c1-11(13-5-3-2-4-6-13)18-10-12-7-8-15(17)14(16)9-12/h2-9,11,18H,10H2,1H3. The molecule has 0 amide bonds. The summed E-state index contributed by atoms with van der Waals surface area (Å²) >= 11 is 3.20. The van der Waals surface area contributed by atoms with Crippen molar-refractivity contribution >= 4 is 15.9 Å². The Kier molecular flexibility index (Phi) is 4.50. The van der Waals surface area contributed by atoms with E-state index in [1.54, 1.807) is 12.1 Å². The van der Waals surface area contributed by atoms with E-state index in [1.165, 1.54) is 11.6 Å². The highest BCUT2D eigenvalue weighted by Gasteiger charge is 2.05. The van der Waals surface area contributed by atoms with E-state index in [9.17, 15) is 4.39 Å². The molecular formula is C15H15BrFN. The predicted octanol–water partition coefficient (Wildman–Crippen LogP) is 4.44. The minimum absolute atomic E-state index is 0.227. The lowest BCUT2D eigenvalue weighted by Gasteiger charge is -2.14. The van der Waals surface area contributed by atoms with Crippen molar-refractivity contribution in [2.24, 2.45) is 0 Å². The fraction of sp³-hybridized carbons (Fsp3) is 0.200. The summed E-state index contributed by atoms with van der Waals surface area (Å²) in [5, 5.41) is 3.42. The van der Waals surface area contributed by atoms with Gasteiger partial charge in [-0.15, -0.1) is 0 Å². The summed E-state index contributed by atoms with van der Waals surface area (Å²) in [5.74, 6) is -0.227. The van der Waals surface area contributed by atoms with Gasteiger partial charge in [0, 0.05) is 12.6 Å². The second-order valence-corrected chi connectivity index (χ2v) is 5.12. The zero-order valence-corrected chi connectivity index (χ0v) is 11.7. The number of hydrogen-bond donors (Lipinski definition) is 1. The quantitative estimate of drug-likeness (QED) is 0.880. The van der Waals surface area contributed by atoms with Gasteiger partial charge in [-0.3, -0.25) is 0 Å². The summed E-state index contributed by atoms with van der Waals surface area (Å²) in [7, 11) is 0. The van der Waals surface area contributed by atoms with E-state index >= 15 is 0 Å². The zero-order chi connectivity index (χ0) is 13.0. The Balaban J connectivity index is 1.97. The maximum Gasteiger partial charge on any atom is 0.137 e. The SMILES string of the molecule is CC(NCc1ccc(F)c(Br)c1)c1ccccc1. The lowest BCUT2D eigenvalue weighted by molar-refractivity contribution is 0.572. The third-order valence-corrected chi connectivity index (χ3v) is 3.50. The zero-order valence-electron chi connectivity index (χ0n) is 10.2. The van der Waals surface area contributed by atoms with Crippen molar-refractivity contribution in [3.8, 4) is 0 Å². The lowest BCUT2D eigenvalue weighted by atomic mass is 10.1. The molecule has 1 N–H and O–H groups in total. The lowest BCUT2D eigenvalue weighted by Crippen LogP contribution is -2.18. The highest BCUT2D eigenvalue weighted by atomic mass is 79.9. The number of benzene rings is 2. The molecule has 1 atom stereocenters. The molecule has 0 aliphatic rings. The molecule has 0 saturated heterocycles. The molecule has 2 rings (SSSR count). The molecule has 1 unspecified atom stereocenters. The first-order valence-corrected chi connectivity index (χ1v) is 6.68. The molecule has 2 aromatic carbocycles. The fourth-order valence-corrected chi connectivity index (χ4v) is 2.21. The van der Waals surface area contributed by atoms with Crippen molar-refractivity contribution in [2.75, 3.05) is 0 Å². The van der Waals surface area contributed by atoms with Crippen LogP contribution in [-0.2, 0) is 6.54 Å². The number of hydrogen-bond acceptors (Lipinski definition) is 1. The summed E-state index contributed by atoms with van der Waals surface area (Å²) in [6.07, 6.45) is 0. The molecule has 0 aliphatic carbocycles. The molecule has 18 heavy (non-hydrogen) atoms. The van der Waals surface area contributed by atoms with Crippen molar-refractivity contribution < 1.29 is 4.39 Å². The highest BCUT2D eigenvalue weighted by Crippen LogP contribution is 2.18. The van der Waals surface area contributed by atoms with E-state index in [4.69, 9.17) is 0 Å². The van der Waals surface area contributed by atoms with Crippen LogP contribution in [0.3, 0.4) is 0 Å². The van der Waals surface area contributed by atoms with Gasteiger partial charge in [-0.1, -0.05) is 36.4 Å². The minimum atomic E-state index is -0.227. The van der Waals surface area contributed by atoms with Gasteiger partial charge >= 0.3 is 0 Å². The molecule has 0 aromatic heterocycles. The monoisotopic (exact) mass is 307 g/mol. The van der Waals surface area contributed by atoms with Gasteiger partial charge < -0.3 is 5.32 Å². The Morgan fingerprint density at radius 3 is 2.56 bits per heavy atom. The van der Waals surface area contributed by atoms with Crippen LogP contribution in [0.4, 0.5) is 4.39 Å². The van der Waals surface area contributed by atoms with E-state index in [2.05, 4.69) is 40.3 Å². The molecule has 94 valence electrons. The largest absolute Gasteiger partial charge is 0.306 e. The molecular weight excluding hydrogens is 293 g/mol. The van der Waals surface area contributed by atoms with E-state index in [-0.39, 0.29) is 11.9 Å². The van der Waals surface area contributed by atoms with Gasteiger partial charge in [-0.05, 0) is 46.1 Å². The van der Waals surface area contributed by atoms with Gasteiger partial charge in [-0.2, -0.15) is 0 Å². The van der Waals surface area contributed by atoms with Crippen LogP contribution in [-0.4, -0.2) is 0 Å². The molecule has 0 heterocycles. The van der Waals surface area contributed by atoms with Crippen LogP contribution in [0, 0.1) is 5.82 Å². The molecule has 0 bridgehead atoms. The number of nitrogens with one attached hydrogen (secondary N) is 1. The fourth-order valence-electron chi connectivity index (χ4n) is 1.78.